The summed E-state index contributed by atoms with van der Waals surface area (Å²) < 4.78 is 5.89. The van der Waals surface area contributed by atoms with Gasteiger partial charge in [0.25, 0.3) is 0 Å². The average molecular weight is 295 g/mol. The van der Waals surface area contributed by atoms with Gasteiger partial charge in [0.2, 0.25) is 0 Å². The zero-order valence-electron chi connectivity index (χ0n) is 11.0. The van der Waals surface area contributed by atoms with E-state index in [0.29, 0.717) is 10.8 Å². The molecule has 0 saturated heterocycles. The number of furan rings is 1. The second kappa shape index (κ2) is 4.79. The van der Waals surface area contributed by atoms with Crippen molar-refractivity contribution in [2.45, 2.75) is 0 Å². The minimum atomic E-state index is 0.689. The van der Waals surface area contributed by atoms with Gasteiger partial charge in [-0.05, 0) is 36.4 Å². The third kappa shape index (κ3) is 2.22. The molecule has 0 aliphatic carbocycles. The number of halogens is 1. The lowest BCUT2D eigenvalue weighted by atomic mass is 10.2. The second-order valence-corrected chi connectivity index (χ2v) is 5.21. The molecule has 1 N–H and O–H groups in total. The van der Waals surface area contributed by atoms with E-state index >= 15 is 0 Å². The predicted molar refractivity (Wildman–Crippen MR) is 84.2 cm³/mol. The number of para-hydroxylation sites is 2. The molecule has 0 aliphatic rings. The van der Waals surface area contributed by atoms with Crippen LogP contribution in [0.15, 0.2) is 65.1 Å². The lowest BCUT2D eigenvalue weighted by Crippen LogP contribution is -1.76. The number of aromatic amines is 1. The first-order valence-corrected chi connectivity index (χ1v) is 6.98. The van der Waals surface area contributed by atoms with Crippen molar-refractivity contribution in [2.24, 2.45) is 0 Å². The molecule has 102 valence electrons. The van der Waals surface area contributed by atoms with Crippen LogP contribution in [0.25, 0.3) is 33.9 Å². The number of aromatic nitrogens is 2. The second-order valence-electron chi connectivity index (χ2n) is 4.78. The van der Waals surface area contributed by atoms with Gasteiger partial charge in [0.05, 0.1) is 11.0 Å². The number of benzene rings is 2. The molecule has 2 heterocycles. The summed E-state index contributed by atoms with van der Waals surface area (Å²) in [5.41, 5.74) is 2.87. The van der Waals surface area contributed by atoms with E-state index in [1.165, 1.54) is 0 Å². The SMILES string of the molecule is Clc1cccc(-c2ccc(-c3nc4ccccc4[nH]3)o2)c1. The van der Waals surface area contributed by atoms with Gasteiger partial charge in [0, 0.05) is 10.6 Å². The molecule has 0 unspecified atom stereocenters. The molecule has 0 amide bonds. The highest BCUT2D eigenvalue weighted by atomic mass is 35.5. The summed E-state index contributed by atoms with van der Waals surface area (Å²) in [7, 11) is 0. The molecule has 4 heteroatoms. The summed E-state index contributed by atoms with van der Waals surface area (Å²) in [5, 5.41) is 0.689. The van der Waals surface area contributed by atoms with Crippen molar-refractivity contribution < 1.29 is 4.42 Å². The molecule has 0 fully saturated rings. The fourth-order valence-corrected chi connectivity index (χ4v) is 2.52. The molecule has 0 atom stereocenters. The average Bonchev–Trinajstić information content (AvgIpc) is 3.14. The van der Waals surface area contributed by atoms with Gasteiger partial charge in [-0.3, -0.25) is 0 Å². The van der Waals surface area contributed by atoms with E-state index in [0.717, 1.165) is 28.2 Å². The molecule has 0 spiro atoms. The van der Waals surface area contributed by atoms with Crippen LogP contribution in [0.2, 0.25) is 5.02 Å². The molecule has 4 rings (SSSR count). The quantitative estimate of drug-likeness (QED) is 0.556. The van der Waals surface area contributed by atoms with Crippen LogP contribution in [-0.4, -0.2) is 9.97 Å². The molecule has 21 heavy (non-hydrogen) atoms. The largest absolute Gasteiger partial charge is 0.453 e. The summed E-state index contributed by atoms with van der Waals surface area (Å²) in [6.07, 6.45) is 0. The monoisotopic (exact) mass is 294 g/mol. The molecule has 0 aliphatic heterocycles. The highest BCUT2D eigenvalue weighted by molar-refractivity contribution is 6.30. The van der Waals surface area contributed by atoms with E-state index < -0.39 is 0 Å². The maximum Gasteiger partial charge on any atom is 0.174 e. The number of imidazole rings is 1. The minimum Gasteiger partial charge on any atom is -0.453 e. The number of hydrogen-bond donors (Lipinski definition) is 1. The number of H-pyrrole nitrogens is 1. The fraction of sp³-hybridized carbons (Fsp3) is 0. The van der Waals surface area contributed by atoms with Crippen LogP contribution in [0.1, 0.15) is 0 Å². The number of hydrogen-bond acceptors (Lipinski definition) is 2. The Morgan fingerprint density at radius 3 is 2.62 bits per heavy atom. The van der Waals surface area contributed by atoms with Crippen molar-refractivity contribution in [2.75, 3.05) is 0 Å². The van der Waals surface area contributed by atoms with E-state index in [2.05, 4.69) is 9.97 Å². The zero-order chi connectivity index (χ0) is 14.2. The summed E-state index contributed by atoms with van der Waals surface area (Å²) in [6, 6.07) is 19.3. The van der Waals surface area contributed by atoms with Crippen LogP contribution in [0.4, 0.5) is 0 Å². The van der Waals surface area contributed by atoms with E-state index in [1.54, 1.807) is 0 Å². The van der Waals surface area contributed by atoms with Gasteiger partial charge in [-0.15, -0.1) is 0 Å². The van der Waals surface area contributed by atoms with Crippen molar-refractivity contribution in [3.63, 3.8) is 0 Å². The van der Waals surface area contributed by atoms with Gasteiger partial charge in [-0.1, -0.05) is 35.9 Å². The Hall–Kier alpha value is -2.52. The molecule has 2 aromatic heterocycles. The fourth-order valence-electron chi connectivity index (χ4n) is 2.33. The molecule has 0 saturated carbocycles. The van der Waals surface area contributed by atoms with E-state index in [-0.39, 0.29) is 0 Å². The van der Waals surface area contributed by atoms with Gasteiger partial charge in [-0.2, -0.15) is 0 Å². The standard InChI is InChI=1S/C17H11ClN2O/c18-12-5-3-4-11(10-12)15-8-9-16(21-15)17-19-13-6-1-2-7-14(13)20-17/h1-10H,(H,19,20). The number of nitrogens with one attached hydrogen (secondary N) is 1. The third-order valence-corrected chi connectivity index (χ3v) is 3.57. The van der Waals surface area contributed by atoms with Crippen LogP contribution in [0.5, 0.6) is 0 Å². The van der Waals surface area contributed by atoms with Crippen molar-refractivity contribution in [1.82, 2.24) is 9.97 Å². The lowest BCUT2D eigenvalue weighted by Gasteiger charge is -1.97. The summed E-state index contributed by atoms with van der Waals surface area (Å²) in [4.78, 5) is 7.79. The first kappa shape index (κ1) is 12.2. The number of rotatable bonds is 2. The topological polar surface area (TPSA) is 41.8 Å². The predicted octanol–water partition coefficient (Wildman–Crippen LogP) is 5.14. The zero-order valence-corrected chi connectivity index (χ0v) is 11.8. The summed E-state index contributed by atoms with van der Waals surface area (Å²) >= 11 is 6.01. The molecular weight excluding hydrogens is 284 g/mol. The van der Waals surface area contributed by atoms with E-state index in [4.69, 9.17) is 16.0 Å². The Morgan fingerprint density at radius 1 is 0.905 bits per heavy atom. The highest BCUT2D eigenvalue weighted by Gasteiger charge is 2.10. The molecule has 0 bridgehead atoms. The van der Waals surface area contributed by atoms with E-state index in [9.17, 15) is 0 Å². The Bertz CT molecular complexity index is 890. The first-order valence-electron chi connectivity index (χ1n) is 6.60. The van der Waals surface area contributed by atoms with Gasteiger partial charge in [0.1, 0.15) is 5.76 Å². The minimum absolute atomic E-state index is 0.689. The lowest BCUT2D eigenvalue weighted by molar-refractivity contribution is 0.593. The Balaban J connectivity index is 1.77. The van der Waals surface area contributed by atoms with Gasteiger partial charge in [0.15, 0.2) is 11.6 Å². The Labute approximate surface area is 126 Å². The first-order chi connectivity index (χ1) is 10.3. The molecular formula is C17H11ClN2O. The van der Waals surface area contributed by atoms with Crippen molar-refractivity contribution >= 4 is 22.6 Å². The van der Waals surface area contributed by atoms with Crippen LogP contribution in [-0.2, 0) is 0 Å². The van der Waals surface area contributed by atoms with Crippen molar-refractivity contribution in [1.29, 1.82) is 0 Å². The Kier molecular flexibility index (Phi) is 2.79. The van der Waals surface area contributed by atoms with E-state index in [1.807, 2.05) is 60.7 Å². The maximum atomic E-state index is 6.01. The van der Waals surface area contributed by atoms with Crippen LogP contribution in [0, 0.1) is 0 Å². The molecule has 0 radical (unpaired) electrons. The van der Waals surface area contributed by atoms with Gasteiger partial charge in [-0.25, -0.2) is 4.98 Å². The van der Waals surface area contributed by atoms with Gasteiger partial charge >= 0.3 is 0 Å². The molecule has 3 nitrogen and oxygen atoms in total. The smallest absolute Gasteiger partial charge is 0.174 e. The van der Waals surface area contributed by atoms with Gasteiger partial charge < -0.3 is 9.40 Å². The van der Waals surface area contributed by atoms with Crippen LogP contribution in [0.3, 0.4) is 0 Å². The number of nitrogens with zero attached hydrogens (tertiary/aromatic N) is 1. The molecule has 2 aromatic carbocycles. The maximum absolute atomic E-state index is 6.01. The van der Waals surface area contributed by atoms with Crippen LogP contribution >= 0.6 is 11.6 Å². The Morgan fingerprint density at radius 2 is 1.76 bits per heavy atom. The summed E-state index contributed by atoms with van der Waals surface area (Å²) in [5.74, 6) is 2.21. The molecule has 4 aromatic rings. The third-order valence-electron chi connectivity index (χ3n) is 3.34. The number of fused-ring (bicyclic) bond motifs is 1. The summed E-state index contributed by atoms with van der Waals surface area (Å²) in [6.45, 7) is 0. The van der Waals surface area contributed by atoms with Crippen molar-refractivity contribution in [3.8, 4) is 22.9 Å². The van der Waals surface area contributed by atoms with Crippen molar-refractivity contribution in [3.05, 3.63) is 65.7 Å². The normalized spacial score (nSPS) is 11.1. The van der Waals surface area contributed by atoms with Crippen LogP contribution < -0.4 is 0 Å². The highest BCUT2D eigenvalue weighted by Crippen LogP contribution is 2.29.